The summed E-state index contributed by atoms with van der Waals surface area (Å²) in [6, 6.07) is 10.6. The Balaban J connectivity index is 1.97. The van der Waals surface area contributed by atoms with Gasteiger partial charge in [0.1, 0.15) is 6.23 Å². The van der Waals surface area contributed by atoms with Gasteiger partial charge in [0, 0.05) is 22.6 Å². The summed E-state index contributed by atoms with van der Waals surface area (Å²) in [5.41, 5.74) is 1.36. The van der Waals surface area contributed by atoms with Gasteiger partial charge >= 0.3 is 0 Å². The van der Waals surface area contributed by atoms with Crippen molar-refractivity contribution in [1.82, 2.24) is 4.90 Å². The van der Waals surface area contributed by atoms with Gasteiger partial charge in [-0.25, -0.2) is 0 Å². The molecule has 1 heterocycles. The Hall–Kier alpha value is -0.430. The highest BCUT2D eigenvalue weighted by molar-refractivity contribution is 7.09. The molecule has 2 rings (SSSR count). The fourth-order valence-corrected chi connectivity index (χ4v) is 2.26. The minimum atomic E-state index is 0.292. The Morgan fingerprint density at radius 2 is 2.14 bits per heavy atom. The molecule has 2 unspecified atom stereocenters. The fraction of sp³-hybridized carbons (Fsp3) is 0.455. The van der Waals surface area contributed by atoms with Crippen LogP contribution in [0.4, 0.5) is 0 Å². The van der Waals surface area contributed by atoms with E-state index in [-0.39, 0.29) is 0 Å². The molecule has 0 radical (unpaired) electrons. The molecule has 1 fully saturated rings. The number of rotatable bonds is 3. The van der Waals surface area contributed by atoms with E-state index in [0.29, 0.717) is 6.23 Å². The van der Waals surface area contributed by atoms with Crippen molar-refractivity contribution in [3.8, 4) is 0 Å². The third kappa shape index (κ3) is 2.33. The van der Waals surface area contributed by atoms with Crippen LogP contribution < -0.4 is 0 Å². The normalized spacial score (nSPS) is 22.8. The van der Waals surface area contributed by atoms with E-state index in [2.05, 4.69) is 44.7 Å². The molecule has 1 saturated heterocycles. The summed E-state index contributed by atoms with van der Waals surface area (Å²) < 4.78 is 5.34. The molecule has 0 N–H and O–H groups in total. The zero-order valence-electron chi connectivity index (χ0n) is 8.23. The third-order valence-electron chi connectivity index (χ3n) is 2.69. The highest BCUT2D eigenvalue weighted by Gasteiger charge is 2.23. The van der Waals surface area contributed by atoms with Crippen LogP contribution in [0.2, 0.25) is 0 Å². The Bertz CT molecular complexity index is 278. The number of benzene rings is 1. The number of hydrogen-bond donors (Lipinski definition) is 0. The molecular weight excluding hydrogens is 193 g/mol. The average molecular weight is 209 g/mol. The maximum atomic E-state index is 5.34. The van der Waals surface area contributed by atoms with Gasteiger partial charge < -0.3 is 4.52 Å². The van der Waals surface area contributed by atoms with E-state index in [0.717, 1.165) is 19.5 Å². The number of likely N-dealkylation sites (tertiary alicyclic amines) is 1. The molecule has 14 heavy (non-hydrogen) atoms. The summed E-state index contributed by atoms with van der Waals surface area (Å²) >= 11 is 0. The van der Waals surface area contributed by atoms with Crippen LogP contribution in [0.3, 0.4) is 0 Å². The molecule has 0 spiro atoms. The van der Waals surface area contributed by atoms with E-state index in [4.69, 9.17) is 4.52 Å². The van der Waals surface area contributed by atoms with Gasteiger partial charge in [-0.2, -0.15) is 0 Å². The minimum absolute atomic E-state index is 0.292. The van der Waals surface area contributed by atoms with E-state index >= 15 is 0 Å². The molecule has 0 aromatic heterocycles. The SMILES string of the molecule is POC1CCCN1Cc1ccccc1. The highest BCUT2D eigenvalue weighted by atomic mass is 31.0. The van der Waals surface area contributed by atoms with Crippen molar-refractivity contribution in [2.75, 3.05) is 6.54 Å². The van der Waals surface area contributed by atoms with E-state index in [9.17, 15) is 0 Å². The minimum Gasteiger partial charge on any atom is -0.347 e. The molecule has 2 nitrogen and oxygen atoms in total. The predicted molar refractivity (Wildman–Crippen MR) is 60.7 cm³/mol. The smallest absolute Gasteiger partial charge is 0.114 e. The predicted octanol–water partition coefficient (Wildman–Crippen LogP) is 2.42. The van der Waals surface area contributed by atoms with E-state index in [1.807, 2.05) is 0 Å². The number of hydrogen-bond acceptors (Lipinski definition) is 2. The Kier molecular flexibility index (Phi) is 3.52. The third-order valence-corrected chi connectivity index (χ3v) is 3.00. The number of nitrogens with zero attached hydrogens (tertiary/aromatic N) is 1. The van der Waals surface area contributed by atoms with Crippen molar-refractivity contribution in [2.45, 2.75) is 25.6 Å². The molecular formula is C11H16NOP. The van der Waals surface area contributed by atoms with Gasteiger partial charge in [-0.15, -0.1) is 0 Å². The molecule has 0 bridgehead atoms. The van der Waals surface area contributed by atoms with Crippen LogP contribution in [0.15, 0.2) is 30.3 Å². The zero-order valence-corrected chi connectivity index (χ0v) is 9.38. The van der Waals surface area contributed by atoms with Crippen LogP contribution in [0, 0.1) is 0 Å². The molecule has 0 amide bonds. The van der Waals surface area contributed by atoms with Crippen molar-refractivity contribution in [3.63, 3.8) is 0 Å². The van der Waals surface area contributed by atoms with Crippen LogP contribution in [-0.4, -0.2) is 17.7 Å². The van der Waals surface area contributed by atoms with E-state index in [1.165, 1.54) is 12.0 Å². The van der Waals surface area contributed by atoms with E-state index in [1.54, 1.807) is 0 Å². The van der Waals surface area contributed by atoms with Gasteiger partial charge in [0.05, 0.1) is 0 Å². The molecule has 2 atom stereocenters. The topological polar surface area (TPSA) is 12.5 Å². The van der Waals surface area contributed by atoms with Crippen LogP contribution >= 0.6 is 9.47 Å². The first kappa shape index (κ1) is 10.1. The lowest BCUT2D eigenvalue weighted by atomic mass is 10.2. The van der Waals surface area contributed by atoms with Gasteiger partial charge in [0.15, 0.2) is 0 Å². The van der Waals surface area contributed by atoms with Crippen molar-refractivity contribution < 1.29 is 4.52 Å². The Labute approximate surface area is 87.5 Å². The first-order valence-corrected chi connectivity index (χ1v) is 5.51. The second-order valence-corrected chi connectivity index (χ2v) is 3.96. The van der Waals surface area contributed by atoms with Gasteiger partial charge in [0.2, 0.25) is 0 Å². The van der Waals surface area contributed by atoms with Gasteiger partial charge in [-0.05, 0) is 18.4 Å². The second-order valence-electron chi connectivity index (χ2n) is 3.69. The lowest BCUT2D eigenvalue weighted by Crippen LogP contribution is -2.28. The summed E-state index contributed by atoms with van der Waals surface area (Å²) in [5, 5.41) is 0. The van der Waals surface area contributed by atoms with Crippen molar-refractivity contribution in [3.05, 3.63) is 35.9 Å². The van der Waals surface area contributed by atoms with E-state index < -0.39 is 0 Å². The van der Waals surface area contributed by atoms with Crippen molar-refractivity contribution in [1.29, 1.82) is 0 Å². The Morgan fingerprint density at radius 1 is 1.36 bits per heavy atom. The monoisotopic (exact) mass is 209 g/mol. The maximum Gasteiger partial charge on any atom is 0.114 e. The maximum absolute atomic E-state index is 5.34. The Morgan fingerprint density at radius 3 is 2.86 bits per heavy atom. The standard InChI is InChI=1S/C11H16NOP/c14-13-11-7-4-8-12(11)9-10-5-2-1-3-6-10/h1-3,5-6,11H,4,7-9,14H2. The summed E-state index contributed by atoms with van der Waals surface area (Å²) in [7, 11) is 2.37. The fourth-order valence-electron chi connectivity index (χ4n) is 1.95. The van der Waals surface area contributed by atoms with Crippen LogP contribution in [0.25, 0.3) is 0 Å². The van der Waals surface area contributed by atoms with Crippen LogP contribution in [-0.2, 0) is 11.1 Å². The van der Waals surface area contributed by atoms with Gasteiger partial charge in [-0.1, -0.05) is 30.3 Å². The molecule has 1 aromatic rings. The molecule has 3 heteroatoms. The molecule has 1 aromatic carbocycles. The summed E-state index contributed by atoms with van der Waals surface area (Å²) in [6.07, 6.45) is 2.68. The molecule has 1 aliphatic heterocycles. The quantitative estimate of drug-likeness (QED) is 0.709. The van der Waals surface area contributed by atoms with Crippen molar-refractivity contribution >= 4 is 9.47 Å². The van der Waals surface area contributed by atoms with Gasteiger partial charge in [-0.3, -0.25) is 4.90 Å². The first-order chi connectivity index (χ1) is 6.90. The summed E-state index contributed by atoms with van der Waals surface area (Å²) in [5.74, 6) is 0. The summed E-state index contributed by atoms with van der Waals surface area (Å²) in [4.78, 5) is 2.38. The van der Waals surface area contributed by atoms with Crippen molar-refractivity contribution in [2.24, 2.45) is 0 Å². The second kappa shape index (κ2) is 4.88. The lowest BCUT2D eigenvalue weighted by molar-refractivity contribution is 0.0730. The van der Waals surface area contributed by atoms with Crippen LogP contribution in [0.1, 0.15) is 18.4 Å². The molecule has 0 aliphatic carbocycles. The highest BCUT2D eigenvalue weighted by Crippen LogP contribution is 2.22. The molecule has 76 valence electrons. The first-order valence-electron chi connectivity index (χ1n) is 5.03. The van der Waals surface area contributed by atoms with Gasteiger partial charge in [0.25, 0.3) is 0 Å². The molecule has 0 saturated carbocycles. The average Bonchev–Trinajstić information content (AvgIpc) is 2.67. The summed E-state index contributed by atoms with van der Waals surface area (Å²) in [6.45, 7) is 2.15. The zero-order chi connectivity index (χ0) is 9.80. The largest absolute Gasteiger partial charge is 0.347 e. The lowest BCUT2D eigenvalue weighted by Gasteiger charge is -2.22. The molecule has 1 aliphatic rings. The van der Waals surface area contributed by atoms with Crippen LogP contribution in [0.5, 0.6) is 0 Å².